The van der Waals surface area contributed by atoms with Crippen molar-refractivity contribution in [1.29, 1.82) is 0 Å². The summed E-state index contributed by atoms with van der Waals surface area (Å²) >= 11 is 0. The lowest BCUT2D eigenvalue weighted by atomic mass is 10.1. The van der Waals surface area contributed by atoms with Gasteiger partial charge in [0.05, 0.1) is 5.71 Å². The quantitative estimate of drug-likeness (QED) is 0.518. The minimum atomic E-state index is -0.630. The van der Waals surface area contributed by atoms with Crippen LogP contribution in [0.1, 0.15) is 19.8 Å². The zero-order valence-corrected chi connectivity index (χ0v) is 8.29. The van der Waals surface area contributed by atoms with Crippen molar-refractivity contribution >= 4 is 11.7 Å². The van der Waals surface area contributed by atoms with Crippen LogP contribution in [0.2, 0.25) is 0 Å². The molecular weight excluding hydrogens is 178 g/mol. The Morgan fingerprint density at radius 1 is 1.93 bits per heavy atom. The maximum atomic E-state index is 10.5. The summed E-state index contributed by atoms with van der Waals surface area (Å²) in [6.45, 7) is 5.78. The lowest BCUT2D eigenvalue weighted by Crippen LogP contribution is -2.25. The van der Waals surface area contributed by atoms with Crippen LogP contribution in [-0.2, 0) is 0 Å². The maximum Gasteiger partial charge on any atom is 0.332 e. The summed E-state index contributed by atoms with van der Waals surface area (Å²) < 4.78 is 0. The second-order valence-corrected chi connectivity index (χ2v) is 3.40. The van der Waals surface area contributed by atoms with Crippen molar-refractivity contribution in [2.24, 2.45) is 16.8 Å². The third-order valence-corrected chi connectivity index (χ3v) is 2.04. The Hall–Kier alpha value is -1.58. The summed E-state index contributed by atoms with van der Waals surface area (Å²) in [6.07, 6.45) is 5.60. The van der Waals surface area contributed by atoms with Gasteiger partial charge in [0.15, 0.2) is 0 Å². The van der Waals surface area contributed by atoms with Crippen molar-refractivity contribution in [1.82, 2.24) is 5.43 Å². The third kappa shape index (κ3) is 2.73. The molecule has 0 bridgehead atoms. The molecule has 4 heteroatoms. The van der Waals surface area contributed by atoms with E-state index in [1.165, 1.54) is 0 Å². The standard InChI is InChI=1S/C10H15N3O/c1-3-4-8-5-7(2)6-9(8)12-13-10(11)14/h3,5,7H,1,4,6H2,2H3,(H3,11,13,14)/b12-9-. The summed E-state index contributed by atoms with van der Waals surface area (Å²) in [5.41, 5.74) is 9.20. The lowest BCUT2D eigenvalue weighted by molar-refractivity contribution is 0.249. The number of carbonyl (C=O) groups is 1. The molecule has 76 valence electrons. The van der Waals surface area contributed by atoms with Crippen LogP contribution in [0.5, 0.6) is 0 Å². The number of allylic oxidation sites excluding steroid dienone is 3. The number of primary amides is 1. The maximum absolute atomic E-state index is 10.5. The summed E-state index contributed by atoms with van der Waals surface area (Å²) in [6, 6.07) is -0.630. The lowest BCUT2D eigenvalue weighted by Gasteiger charge is -2.01. The van der Waals surface area contributed by atoms with Gasteiger partial charge in [0.2, 0.25) is 0 Å². The number of nitrogens with two attached hydrogens (primary N) is 1. The van der Waals surface area contributed by atoms with Gasteiger partial charge >= 0.3 is 6.03 Å². The second kappa shape index (κ2) is 4.60. The molecule has 0 aromatic heterocycles. The fourth-order valence-electron chi connectivity index (χ4n) is 1.52. The fraction of sp³-hybridized carbons (Fsp3) is 0.400. The largest absolute Gasteiger partial charge is 0.350 e. The molecule has 0 saturated heterocycles. The Morgan fingerprint density at radius 3 is 3.21 bits per heavy atom. The second-order valence-electron chi connectivity index (χ2n) is 3.40. The average Bonchev–Trinajstić information content (AvgIpc) is 2.44. The number of hydrogen-bond acceptors (Lipinski definition) is 2. The molecule has 1 unspecified atom stereocenters. The molecule has 1 rings (SSSR count). The van der Waals surface area contributed by atoms with Crippen LogP contribution in [0.15, 0.2) is 29.4 Å². The molecule has 0 heterocycles. The van der Waals surface area contributed by atoms with E-state index in [1.807, 2.05) is 6.08 Å². The van der Waals surface area contributed by atoms with Crippen molar-refractivity contribution in [3.05, 3.63) is 24.3 Å². The highest BCUT2D eigenvalue weighted by molar-refractivity contribution is 6.03. The number of hydrogen-bond donors (Lipinski definition) is 2. The molecule has 0 radical (unpaired) electrons. The van der Waals surface area contributed by atoms with E-state index < -0.39 is 6.03 Å². The van der Waals surface area contributed by atoms with Gasteiger partial charge in [0, 0.05) is 0 Å². The zero-order valence-electron chi connectivity index (χ0n) is 8.29. The Balaban J connectivity index is 2.69. The van der Waals surface area contributed by atoms with E-state index in [-0.39, 0.29) is 0 Å². The van der Waals surface area contributed by atoms with E-state index in [0.717, 1.165) is 24.1 Å². The van der Waals surface area contributed by atoms with Gasteiger partial charge in [-0.15, -0.1) is 6.58 Å². The zero-order chi connectivity index (χ0) is 10.6. The Kier molecular flexibility index (Phi) is 3.45. The predicted octanol–water partition coefficient (Wildman–Crippen LogP) is 1.55. The Labute approximate surface area is 83.6 Å². The minimum absolute atomic E-state index is 0.471. The molecule has 0 spiro atoms. The number of hydrazone groups is 1. The van der Waals surface area contributed by atoms with E-state index in [9.17, 15) is 4.79 Å². The van der Waals surface area contributed by atoms with Crippen molar-refractivity contribution in [2.45, 2.75) is 19.8 Å². The fourth-order valence-corrected chi connectivity index (χ4v) is 1.52. The highest BCUT2D eigenvalue weighted by Gasteiger charge is 2.17. The van der Waals surface area contributed by atoms with Crippen LogP contribution in [0.25, 0.3) is 0 Å². The van der Waals surface area contributed by atoms with Gasteiger partial charge in [-0.25, -0.2) is 10.2 Å². The molecule has 0 aromatic rings. The number of urea groups is 1. The number of nitrogens with zero attached hydrogens (tertiary/aromatic N) is 1. The van der Waals surface area contributed by atoms with Gasteiger partial charge in [-0.05, 0) is 24.3 Å². The molecule has 0 aliphatic heterocycles. The number of rotatable bonds is 3. The highest BCUT2D eigenvalue weighted by Crippen LogP contribution is 2.23. The van der Waals surface area contributed by atoms with E-state index >= 15 is 0 Å². The van der Waals surface area contributed by atoms with Gasteiger partial charge in [-0.2, -0.15) is 5.10 Å². The number of amides is 2. The van der Waals surface area contributed by atoms with Crippen LogP contribution < -0.4 is 11.2 Å². The SMILES string of the molecule is C=CCC1=CC(C)C/C1=N/NC(N)=O. The van der Waals surface area contributed by atoms with Gasteiger partial charge in [-0.3, -0.25) is 0 Å². The first-order valence-electron chi connectivity index (χ1n) is 4.57. The van der Waals surface area contributed by atoms with Gasteiger partial charge in [-0.1, -0.05) is 19.1 Å². The van der Waals surface area contributed by atoms with Crippen LogP contribution in [-0.4, -0.2) is 11.7 Å². The number of carbonyl (C=O) groups excluding carboxylic acids is 1. The van der Waals surface area contributed by atoms with Crippen LogP contribution in [0.3, 0.4) is 0 Å². The van der Waals surface area contributed by atoms with Crippen molar-refractivity contribution in [3.63, 3.8) is 0 Å². The summed E-state index contributed by atoms with van der Waals surface area (Å²) in [5.74, 6) is 0.471. The molecule has 3 N–H and O–H groups in total. The average molecular weight is 193 g/mol. The molecule has 1 aliphatic rings. The molecule has 1 aliphatic carbocycles. The van der Waals surface area contributed by atoms with E-state index in [0.29, 0.717) is 5.92 Å². The number of nitrogens with one attached hydrogen (secondary N) is 1. The first-order valence-corrected chi connectivity index (χ1v) is 4.57. The Bertz CT molecular complexity index is 304. The third-order valence-electron chi connectivity index (χ3n) is 2.04. The summed E-state index contributed by atoms with van der Waals surface area (Å²) in [5, 5.41) is 3.95. The van der Waals surface area contributed by atoms with E-state index in [1.54, 1.807) is 0 Å². The highest BCUT2D eigenvalue weighted by atomic mass is 16.2. The first kappa shape index (κ1) is 10.5. The summed E-state index contributed by atoms with van der Waals surface area (Å²) in [4.78, 5) is 10.5. The molecule has 1 atom stereocenters. The van der Waals surface area contributed by atoms with E-state index in [4.69, 9.17) is 5.73 Å². The van der Waals surface area contributed by atoms with Crippen molar-refractivity contribution in [2.75, 3.05) is 0 Å². The van der Waals surface area contributed by atoms with Crippen LogP contribution in [0.4, 0.5) is 4.79 Å². The van der Waals surface area contributed by atoms with Crippen molar-refractivity contribution < 1.29 is 4.79 Å². The topological polar surface area (TPSA) is 67.5 Å². The van der Waals surface area contributed by atoms with Crippen molar-refractivity contribution in [3.8, 4) is 0 Å². The molecule has 0 fully saturated rings. The van der Waals surface area contributed by atoms with Gasteiger partial charge in [0.25, 0.3) is 0 Å². The van der Waals surface area contributed by atoms with Crippen LogP contribution >= 0.6 is 0 Å². The first-order chi connectivity index (χ1) is 6.63. The molecule has 0 saturated carbocycles. The van der Waals surface area contributed by atoms with E-state index in [2.05, 4.69) is 30.1 Å². The van der Waals surface area contributed by atoms with Gasteiger partial charge in [0.1, 0.15) is 0 Å². The smallest absolute Gasteiger partial charge is 0.332 e. The molecular formula is C10H15N3O. The molecule has 2 amide bonds. The molecule has 14 heavy (non-hydrogen) atoms. The minimum Gasteiger partial charge on any atom is -0.350 e. The molecule has 0 aromatic carbocycles. The Morgan fingerprint density at radius 2 is 2.64 bits per heavy atom. The van der Waals surface area contributed by atoms with Gasteiger partial charge < -0.3 is 5.73 Å². The predicted molar refractivity (Wildman–Crippen MR) is 56.8 cm³/mol. The van der Waals surface area contributed by atoms with Crippen LogP contribution in [0, 0.1) is 5.92 Å². The molecule has 4 nitrogen and oxygen atoms in total. The monoisotopic (exact) mass is 193 g/mol. The normalized spacial score (nSPS) is 23.4. The summed E-state index contributed by atoms with van der Waals surface area (Å²) in [7, 11) is 0.